The Morgan fingerprint density at radius 3 is 2.32 bits per heavy atom. The molecule has 2 N–H and O–H groups in total. The highest BCUT2D eigenvalue weighted by atomic mass is 15.3. The van der Waals surface area contributed by atoms with Crippen molar-refractivity contribution in [3.05, 3.63) is 47.2 Å². The van der Waals surface area contributed by atoms with Crippen LogP contribution < -0.4 is 15.5 Å². The molecule has 22 heavy (non-hydrogen) atoms. The molecule has 4 heteroatoms. The number of aromatic nitrogens is 1. The summed E-state index contributed by atoms with van der Waals surface area (Å²) in [5.74, 6) is 1.03. The molecule has 116 valence electrons. The summed E-state index contributed by atoms with van der Waals surface area (Å²) in [4.78, 5) is 9.29. The molecule has 1 fully saturated rings. The van der Waals surface area contributed by atoms with Crippen molar-refractivity contribution in [2.75, 3.05) is 41.7 Å². The molecule has 1 aliphatic rings. The fourth-order valence-electron chi connectivity index (χ4n) is 2.98. The van der Waals surface area contributed by atoms with Gasteiger partial charge in [0.25, 0.3) is 0 Å². The standard InChI is InChI=1S/C18H24N4/c1-13-5-4-6-17(15(13)3)21-7-9-22(10-8-21)18-11-14(2)16(19)12-20-18/h4-6,11-12H,7-10,19H2,1-3H3. The maximum absolute atomic E-state index is 5.86. The lowest BCUT2D eigenvalue weighted by Crippen LogP contribution is -2.47. The second kappa shape index (κ2) is 5.87. The number of hydrogen-bond donors (Lipinski definition) is 1. The van der Waals surface area contributed by atoms with Crippen LogP contribution in [-0.4, -0.2) is 31.2 Å². The van der Waals surface area contributed by atoms with Crippen molar-refractivity contribution >= 4 is 17.2 Å². The zero-order valence-electron chi connectivity index (χ0n) is 13.6. The molecule has 0 spiro atoms. The minimum atomic E-state index is 0.762. The Kier molecular flexibility index (Phi) is 3.92. The van der Waals surface area contributed by atoms with E-state index in [2.05, 4.69) is 52.9 Å². The van der Waals surface area contributed by atoms with Gasteiger partial charge < -0.3 is 15.5 Å². The first kappa shape index (κ1) is 14.7. The summed E-state index contributed by atoms with van der Waals surface area (Å²) < 4.78 is 0. The van der Waals surface area contributed by atoms with Crippen LogP contribution in [0.4, 0.5) is 17.2 Å². The molecule has 2 aromatic rings. The fourth-order valence-corrected chi connectivity index (χ4v) is 2.98. The largest absolute Gasteiger partial charge is 0.397 e. The first-order valence-electron chi connectivity index (χ1n) is 7.84. The van der Waals surface area contributed by atoms with Gasteiger partial charge in [-0.15, -0.1) is 0 Å². The van der Waals surface area contributed by atoms with Crippen molar-refractivity contribution in [1.82, 2.24) is 4.98 Å². The predicted molar refractivity (Wildman–Crippen MR) is 93.7 cm³/mol. The van der Waals surface area contributed by atoms with E-state index in [1.165, 1.54) is 16.8 Å². The van der Waals surface area contributed by atoms with Crippen molar-refractivity contribution in [1.29, 1.82) is 0 Å². The van der Waals surface area contributed by atoms with Crippen LogP contribution in [0.5, 0.6) is 0 Å². The summed E-state index contributed by atoms with van der Waals surface area (Å²) in [6.07, 6.45) is 1.77. The molecule has 0 aliphatic carbocycles. The number of rotatable bonds is 2. The summed E-state index contributed by atoms with van der Waals surface area (Å²) in [6.45, 7) is 10.4. The first-order valence-corrected chi connectivity index (χ1v) is 7.84. The van der Waals surface area contributed by atoms with Crippen molar-refractivity contribution in [2.24, 2.45) is 0 Å². The molecule has 0 amide bonds. The van der Waals surface area contributed by atoms with E-state index in [4.69, 9.17) is 5.73 Å². The van der Waals surface area contributed by atoms with E-state index >= 15 is 0 Å². The molecule has 0 bridgehead atoms. The number of benzene rings is 1. The lowest BCUT2D eigenvalue weighted by Gasteiger charge is -2.37. The summed E-state index contributed by atoms with van der Waals surface area (Å²) in [6, 6.07) is 8.64. The van der Waals surface area contributed by atoms with Crippen molar-refractivity contribution in [3.63, 3.8) is 0 Å². The Labute approximate surface area is 132 Å². The van der Waals surface area contributed by atoms with Crippen LogP contribution in [-0.2, 0) is 0 Å². The van der Waals surface area contributed by atoms with Gasteiger partial charge >= 0.3 is 0 Å². The average molecular weight is 296 g/mol. The average Bonchev–Trinajstić information content (AvgIpc) is 2.53. The van der Waals surface area contributed by atoms with Gasteiger partial charge in [0.1, 0.15) is 5.82 Å². The zero-order chi connectivity index (χ0) is 15.7. The third-order valence-electron chi connectivity index (χ3n) is 4.66. The molecule has 0 radical (unpaired) electrons. The molecule has 1 aromatic carbocycles. The van der Waals surface area contributed by atoms with Gasteiger partial charge in [0.2, 0.25) is 0 Å². The fraction of sp³-hybridized carbons (Fsp3) is 0.389. The zero-order valence-corrected chi connectivity index (χ0v) is 13.6. The molecular weight excluding hydrogens is 272 g/mol. The number of aryl methyl sites for hydroxylation is 2. The number of pyridine rings is 1. The third kappa shape index (κ3) is 2.73. The quantitative estimate of drug-likeness (QED) is 0.925. The van der Waals surface area contributed by atoms with E-state index in [9.17, 15) is 0 Å². The van der Waals surface area contributed by atoms with Gasteiger partial charge in [-0.05, 0) is 49.6 Å². The van der Waals surface area contributed by atoms with E-state index in [-0.39, 0.29) is 0 Å². The first-order chi connectivity index (χ1) is 10.6. The third-order valence-corrected chi connectivity index (χ3v) is 4.66. The van der Waals surface area contributed by atoms with Crippen LogP contribution in [0.1, 0.15) is 16.7 Å². The summed E-state index contributed by atoms with van der Waals surface area (Å²) in [5.41, 5.74) is 11.8. The minimum absolute atomic E-state index is 0.762. The maximum atomic E-state index is 5.86. The molecule has 0 unspecified atom stereocenters. The smallest absolute Gasteiger partial charge is 0.129 e. The highest BCUT2D eigenvalue weighted by molar-refractivity contribution is 5.58. The topological polar surface area (TPSA) is 45.4 Å². The van der Waals surface area contributed by atoms with Crippen molar-refractivity contribution in [3.8, 4) is 0 Å². The molecule has 0 saturated carbocycles. The lowest BCUT2D eigenvalue weighted by atomic mass is 10.1. The molecule has 3 rings (SSSR count). The summed E-state index contributed by atoms with van der Waals surface area (Å²) >= 11 is 0. The number of nitrogens with zero attached hydrogens (tertiary/aromatic N) is 3. The molecule has 1 aliphatic heterocycles. The van der Waals surface area contributed by atoms with Crippen LogP contribution in [0, 0.1) is 20.8 Å². The van der Waals surface area contributed by atoms with Crippen LogP contribution >= 0.6 is 0 Å². The van der Waals surface area contributed by atoms with Gasteiger partial charge in [-0.3, -0.25) is 0 Å². The molecule has 1 saturated heterocycles. The number of hydrogen-bond acceptors (Lipinski definition) is 4. The van der Waals surface area contributed by atoms with Gasteiger partial charge in [-0.1, -0.05) is 12.1 Å². The SMILES string of the molecule is Cc1cc(N2CCN(c3cccc(C)c3C)CC2)ncc1N. The molecule has 2 heterocycles. The summed E-state index contributed by atoms with van der Waals surface area (Å²) in [5, 5.41) is 0. The Bertz CT molecular complexity index is 673. The second-order valence-electron chi connectivity index (χ2n) is 6.09. The molecule has 0 atom stereocenters. The lowest BCUT2D eigenvalue weighted by molar-refractivity contribution is 0.646. The molecule has 1 aromatic heterocycles. The minimum Gasteiger partial charge on any atom is -0.397 e. The normalized spacial score (nSPS) is 15.2. The molecule has 4 nitrogen and oxygen atoms in total. The predicted octanol–water partition coefficient (Wildman–Crippen LogP) is 2.92. The van der Waals surface area contributed by atoms with Gasteiger partial charge in [-0.2, -0.15) is 0 Å². The number of nitrogens with two attached hydrogens (primary N) is 1. The second-order valence-corrected chi connectivity index (χ2v) is 6.09. The van der Waals surface area contributed by atoms with Gasteiger partial charge in [0.05, 0.1) is 11.9 Å². The number of anilines is 3. The van der Waals surface area contributed by atoms with Gasteiger partial charge in [0.15, 0.2) is 0 Å². The van der Waals surface area contributed by atoms with Crippen LogP contribution in [0.2, 0.25) is 0 Å². The Hall–Kier alpha value is -2.23. The highest BCUT2D eigenvalue weighted by Crippen LogP contribution is 2.25. The van der Waals surface area contributed by atoms with E-state index < -0.39 is 0 Å². The monoisotopic (exact) mass is 296 g/mol. The van der Waals surface area contributed by atoms with Crippen molar-refractivity contribution < 1.29 is 0 Å². The van der Waals surface area contributed by atoms with Gasteiger partial charge in [0, 0.05) is 31.9 Å². The molecular formula is C18H24N4. The number of nitrogen functional groups attached to an aromatic ring is 1. The van der Waals surface area contributed by atoms with Gasteiger partial charge in [-0.25, -0.2) is 4.98 Å². The number of piperazine rings is 1. The Balaban J connectivity index is 1.72. The van der Waals surface area contributed by atoms with Crippen LogP contribution in [0.25, 0.3) is 0 Å². The highest BCUT2D eigenvalue weighted by Gasteiger charge is 2.20. The van der Waals surface area contributed by atoms with E-state index in [0.717, 1.165) is 43.2 Å². The Morgan fingerprint density at radius 2 is 1.64 bits per heavy atom. The van der Waals surface area contributed by atoms with Crippen molar-refractivity contribution in [2.45, 2.75) is 20.8 Å². The van der Waals surface area contributed by atoms with E-state index in [1.54, 1.807) is 6.20 Å². The van der Waals surface area contributed by atoms with Crippen LogP contribution in [0.3, 0.4) is 0 Å². The van der Waals surface area contributed by atoms with E-state index in [0.29, 0.717) is 0 Å². The van der Waals surface area contributed by atoms with Crippen LogP contribution in [0.15, 0.2) is 30.5 Å². The summed E-state index contributed by atoms with van der Waals surface area (Å²) in [7, 11) is 0. The maximum Gasteiger partial charge on any atom is 0.129 e. The Morgan fingerprint density at radius 1 is 0.955 bits per heavy atom. The van der Waals surface area contributed by atoms with E-state index in [1.807, 2.05) is 6.92 Å².